The van der Waals surface area contributed by atoms with Crippen LogP contribution in [-0.2, 0) is 8.85 Å². The van der Waals surface area contributed by atoms with E-state index in [1.807, 2.05) is 0 Å². The van der Waals surface area contributed by atoms with Crippen molar-refractivity contribution in [2.45, 2.75) is 0 Å². The van der Waals surface area contributed by atoms with E-state index >= 15 is 0 Å². The molecule has 0 radical (unpaired) electrons. The van der Waals surface area contributed by atoms with Crippen molar-refractivity contribution in [2.24, 2.45) is 0 Å². The molecule has 0 aliphatic carbocycles. The molecular weight excluding hydrogens is 144 g/mol. The number of hydrogen-bond donors (Lipinski definition) is 0. The van der Waals surface area contributed by atoms with E-state index in [1.165, 1.54) is 6.26 Å². The van der Waals surface area contributed by atoms with Crippen LogP contribution in [0.25, 0.3) is 0 Å². The summed E-state index contributed by atoms with van der Waals surface area (Å²) in [6.07, 6.45) is 1.36. The molecular formula is C4H9ClO2Si. The molecule has 0 N–H and O–H groups in total. The quantitative estimate of drug-likeness (QED) is 0.337. The second kappa shape index (κ2) is 5.15. The Hall–Kier alpha value is 0.00688. The average molecular weight is 153 g/mol. The predicted octanol–water partition coefficient (Wildman–Crippen LogP) is 0.791. The Bertz CT molecular complexity index is 65.1. The molecule has 0 amide bonds. The van der Waals surface area contributed by atoms with E-state index in [0.29, 0.717) is 5.50 Å². The maximum Gasteiger partial charge on any atom is 0.397 e. The lowest BCUT2D eigenvalue weighted by Crippen LogP contribution is -2.20. The van der Waals surface area contributed by atoms with Gasteiger partial charge in [0.1, 0.15) is 0 Å². The summed E-state index contributed by atoms with van der Waals surface area (Å²) >= 11 is 5.41. The molecule has 0 fully saturated rings. The Kier molecular flexibility index (Phi) is 5.15. The summed E-state index contributed by atoms with van der Waals surface area (Å²) in [5.74, 6) is 0. The Balaban J connectivity index is 3.20. The van der Waals surface area contributed by atoms with Gasteiger partial charge < -0.3 is 8.85 Å². The zero-order valence-corrected chi connectivity index (χ0v) is 6.67. The first-order chi connectivity index (χ1) is 3.85. The zero-order valence-electron chi connectivity index (χ0n) is 4.76. The van der Waals surface area contributed by atoms with Crippen LogP contribution in [-0.4, -0.2) is 21.9 Å². The monoisotopic (exact) mass is 152 g/mol. The Labute approximate surface area is 55.9 Å². The van der Waals surface area contributed by atoms with Crippen LogP contribution < -0.4 is 0 Å². The molecule has 0 heterocycles. The molecule has 1 unspecified atom stereocenters. The standard InChI is InChI=1S/C4H9ClO2Si/c1-3-7-8(4-5)6-2/h3,8H,1,4H2,2H3. The molecule has 2 nitrogen and oxygen atoms in total. The second-order valence-electron chi connectivity index (χ2n) is 1.12. The van der Waals surface area contributed by atoms with Gasteiger partial charge in [-0.2, -0.15) is 0 Å². The molecule has 0 aromatic heterocycles. The van der Waals surface area contributed by atoms with E-state index in [4.69, 9.17) is 20.5 Å². The van der Waals surface area contributed by atoms with Crippen LogP contribution in [0.5, 0.6) is 0 Å². The lowest BCUT2D eigenvalue weighted by atomic mass is 11.2. The molecule has 0 aromatic carbocycles. The van der Waals surface area contributed by atoms with Crippen LogP contribution in [0.1, 0.15) is 0 Å². The van der Waals surface area contributed by atoms with E-state index in [2.05, 4.69) is 6.58 Å². The van der Waals surface area contributed by atoms with Gasteiger partial charge in [-0.25, -0.2) is 0 Å². The minimum absolute atomic E-state index is 0.461. The van der Waals surface area contributed by atoms with Crippen LogP contribution in [0.3, 0.4) is 0 Å². The number of rotatable bonds is 4. The molecule has 1 atom stereocenters. The van der Waals surface area contributed by atoms with Crippen LogP contribution in [0, 0.1) is 0 Å². The maximum absolute atomic E-state index is 5.41. The molecule has 0 aromatic rings. The normalized spacial score (nSPS) is 12.8. The first-order valence-corrected chi connectivity index (χ1v) is 4.49. The van der Waals surface area contributed by atoms with Gasteiger partial charge in [0, 0.05) is 7.11 Å². The summed E-state index contributed by atoms with van der Waals surface area (Å²) in [4.78, 5) is 0. The third-order valence-corrected chi connectivity index (χ3v) is 2.67. The fourth-order valence-corrected chi connectivity index (χ4v) is 1.38. The number of alkyl halides is 1. The van der Waals surface area contributed by atoms with Crippen molar-refractivity contribution in [1.82, 2.24) is 0 Å². The van der Waals surface area contributed by atoms with Crippen molar-refractivity contribution in [1.29, 1.82) is 0 Å². The highest BCUT2D eigenvalue weighted by molar-refractivity contribution is 6.56. The first kappa shape index (κ1) is 8.01. The smallest absolute Gasteiger partial charge is 0.397 e. The minimum Gasteiger partial charge on any atom is -0.529 e. The fraction of sp³-hybridized carbons (Fsp3) is 0.500. The zero-order chi connectivity index (χ0) is 6.41. The Morgan fingerprint density at radius 1 is 1.88 bits per heavy atom. The number of hydrogen-bond acceptors (Lipinski definition) is 2. The molecule has 0 saturated carbocycles. The van der Waals surface area contributed by atoms with Gasteiger partial charge in [-0.05, 0) is 0 Å². The highest BCUT2D eigenvalue weighted by Crippen LogP contribution is 1.89. The maximum atomic E-state index is 5.41. The van der Waals surface area contributed by atoms with Crippen molar-refractivity contribution in [2.75, 3.05) is 12.6 Å². The van der Waals surface area contributed by atoms with Crippen LogP contribution in [0.2, 0.25) is 0 Å². The largest absolute Gasteiger partial charge is 0.529 e. The topological polar surface area (TPSA) is 18.5 Å². The van der Waals surface area contributed by atoms with Gasteiger partial charge in [0.05, 0.1) is 11.8 Å². The van der Waals surface area contributed by atoms with E-state index in [1.54, 1.807) is 7.11 Å². The van der Waals surface area contributed by atoms with Crippen molar-refractivity contribution in [3.05, 3.63) is 12.8 Å². The molecule has 4 heteroatoms. The van der Waals surface area contributed by atoms with E-state index in [0.717, 1.165) is 0 Å². The highest BCUT2D eigenvalue weighted by atomic mass is 35.5. The van der Waals surface area contributed by atoms with Gasteiger partial charge in [-0.1, -0.05) is 6.58 Å². The summed E-state index contributed by atoms with van der Waals surface area (Å²) in [6, 6.07) is 0. The number of halogens is 1. The van der Waals surface area contributed by atoms with Gasteiger partial charge in [0.2, 0.25) is 0 Å². The van der Waals surface area contributed by atoms with Crippen molar-refractivity contribution in [3.63, 3.8) is 0 Å². The van der Waals surface area contributed by atoms with Crippen molar-refractivity contribution in [3.8, 4) is 0 Å². The van der Waals surface area contributed by atoms with E-state index < -0.39 is 9.28 Å². The lowest BCUT2D eigenvalue weighted by Gasteiger charge is -2.06. The third kappa shape index (κ3) is 3.07. The summed E-state index contributed by atoms with van der Waals surface area (Å²) in [5.41, 5.74) is 0.461. The van der Waals surface area contributed by atoms with Gasteiger partial charge in [0.15, 0.2) is 0 Å². The molecule has 8 heavy (non-hydrogen) atoms. The first-order valence-electron chi connectivity index (χ1n) is 2.20. The van der Waals surface area contributed by atoms with E-state index in [-0.39, 0.29) is 0 Å². The molecule has 0 bridgehead atoms. The fourth-order valence-electron chi connectivity index (χ4n) is 0.262. The Morgan fingerprint density at radius 2 is 2.50 bits per heavy atom. The molecule has 0 aliphatic rings. The summed E-state index contributed by atoms with van der Waals surface area (Å²) in [6.45, 7) is 3.37. The molecule has 0 spiro atoms. The van der Waals surface area contributed by atoms with E-state index in [9.17, 15) is 0 Å². The van der Waals surface area contributed by atoms with Crippen LogP contribution in [0.15, 0.2) is 12.8 Å². The summed E-state index contributed by atoms with van der Waals surface area (Å²) in [5, 5.41) is 0. The average Bonchev–Trinajstić information content (AvgIpc) is 1.83. The Morgan fingerprint density at radius 3 is 2.62 bits per heavy atom. The highest BCUT2D eigenvalue weighted by Gasteiger charge is 2.06. The molecule has 0 aliphatic heterocycles. The van der Waals surface area contributed by atoms with Gasteiger partial charge in [-0.15, -0.1) is 11.6 Å². The molecule has 0 saturated heterocycles. The van der Waals surface area contributed by atoms with Gasteiger partial charge in [0.25, 0.3) is 0 Å². The van der Waals surface area contributed by atoms with Crippen LogP contribution in [0.4, 0.5) is 0 Å². The van der Waals surface area contributed by atoms with Crippen molar-refractivity contribution >= 4 is 20.9 Å². The SMILES string of the molecule is C=CO[SiH](CCl)OC. The summed E-state index contributed by atoms with van der Waals surface area (Å²) in [7, 11) is 0.0413. The predicted molar refractivity (Wildman–Crippen MR) is 36.2 cm³/mol. The van der Waals surface area contributed by atoms with Crippen LogP contribution >= 0.6 is 11.6 Å². The molecule has 48 valence electrons. The third-order valence-electron chi connectivity index (χ3n) is 0.637. The van der Waals surface area contributed by atoms with Gasteiger partial charge in [-0.3, -0.25) is 0 Å². The molecule has 0 rings (SSSR count). The summed E-state index contributed by atoms with van der Waals surface area (Å²) < 4.78 is 9.74. The second-order valence-corrected chi connectivity index (χ2v) is 3.96. The minimum atomic E-state index is -1.54. The van der Waals surface area contributed by atoms with Gasteiger partial charge >= 0.3 is 9.28 Å². The van der Waals surface area contributed by atoms with Crippen molar-refractivity contribution < 1.29 is 8.85 Å². The lowest BCUT2D eigenvalue weighted by molar-refractivity contribution is 0.313.